The van der Waals surface area contributed by atoms with E-state index >= 15 is 0 Å². The number of halogens is 1. The second-order valence-corrected chi connectivity index (χ2v) is 4.62. The molecule has 0 radical (unpaired) electrons. The monoisotopic (exact) mass is 272 g/mol. The highest BCUT2D eigenvalue weighted by Crippen LogP contribution is 2.17. The summed E-state index contributed by atoms with van der Waals surface area (Å²) in [7, 11) is 0. The van der Waals surface area contributed by atoms with Crippen LogP contribution in [0.3, 0.4) is 0 Å². The summed E-state index contributed by atoms with van der Waals surface area (Å²) < 4.78 is 1.12. The van der Waals surface area contributed by atoms with Crippen LogP contribution in [0.1, 0.15) is 16.7 Å². The van der Waals surface area contributed by atoms with E-state index < -0.39 is 0 Å². The van der Waals surface area contributed by atoms with Crippen LogP contribution in [-0.4, -0.2) is 0 Å². The smallest absolute Gasteiger partial charge is 0.0175 e. The molecule has 0 amide bonds. The Morgan fingerprint density at radius 3 is 2.38 bits per heavy atom. The fourth-order valence-corrected chi connectivity index (χ4v) is 1.98. The SMILES string of the molecule is C=Cc1ccccc1Cc1ccc(Br)cc1. The summed E-state index contributed by atoms with van der Waals surface area (Å²) in [6.07, 6.45) is 2.86. The van der Waals surface area contributed by atoms with Crippen molar-refractivity contribution in [2.75, 3.05) is 0 Å². The van der Waals surface area contributed by atoms with Gasteiger partial charge < -0.3 is 0 Å². The maximum absolute atomic E-state index is 3.84. The maximum Gasteiger partial charge on any atom is 0.0175 e. The molecule has 0 aliphatic rings. The van der Waals surface area contributed by atoms with Crippen LogP contribution < -0.4 is 0 Å². The number of benzene rings is 2. The lowest BCUT2D eigenvalue weighted by molar-refractivity contribution is 1.18. The minimum absolute atomic E-state index is 0.954. The molecular formula is C15H13Br. The molecule has 0 unspecified atom stereocenters. The van der Waals surface area contributed by atoms with E-state index in [9.17, 15) is 0 Å². The Morgan fingerprint density at radius 2 is 1.69 bits per heavy atom. The Morgan fingerprint density at radius 1 is 1.00 bits per heavy atom. The van der Waals surface area contributed by atoms with Crippen LogP contribution in [-0.2, 0) is 6.42 Å². The van der Waals surface area contributed by atoms with Crippen molar-refractivity contribution in [2.24, 2.45) is 0 Å². The van der Waals surface area contributed by atoms with E-state index in [0.29, 0.717) is 0 Å². The van der Waals surface area contributed by atoms with Crippen molar-refractivity contribution in [3.63, 3.8) is 0 Å². The molecule has 2 aromatic carbocycles. The predicted octanol–water partition coefficient (Wildman–Crippen LogP) is 4.68. The molecule has 2 rings (SSSR count). The van der Waals surface area contributed by atoms with Gasteiger partial charge >= 0.3 is 0 Å². The third-order valence-electron chi connectivity index (χ3n) is 2.58. The van der Waals surface area contributed by atoms with Crippen LogP contribution >= 0.6 is 15.9 Å². The Balaban J connectivity index is 2.26. The number of hydrogen-bond donors (Lipinski definition) is 0. The van der Waals surface area contributed by atoms with Crippen molar-refractivity contribution in [1.29, 1.82) is 0 Å². The summed E-state index contributed by atoms with van der Waals surface area (Å²) in [6.45, 7) is 3.84. The first kappa shape index (κ1) is 11.2. The molecule has 16 heavy (non-hydrogen) atoms. The molecule has 0 aliphatic carbocycles. The minimum Gasteiger partial charge on any atom is -0.0985 e. The molecule has 0 aromatic heterocycles. The highest BCUT2D eigenvalue weighted by atomic mass is 79.9. The molecule has 0 bridgehead atoms. The van der Waals surface area contributed by atoms with Gasteiger partial charge in [-0.15, -0.1) is 0 Å². The van der Waals surface area contributed by atoms with E-state index in [0.717, 1.165) is 10.9 Å². The number of hydrogen-bond acceptors (Lipinski definition) is 0. The van der Waals surface area contributed by atoms with E-state index in [1.165, 1.54) is 16.7 Å². The third-order valence-corrected chi connectivity index (χ3v) is 3.11. The zero-order chi connectivity index (χ0) is 11.4. The lowest BCUT2D eigenvalue weighted by Gasteiger charge is -2.06. The van der Waals surface area contributed by atoms with Gasteiger partial charge in [-0.25, -0.2) is 0 Å². The normalized spacial score (nSPS) is 10.1. The van der Waals surface area contributed by atoms with Crippen LogP contribution in [0.25, 0.3) is 6.08 Å². The molecule has 0 nitrogen and oxygen atoms in total. The first-order chi connectivity index (χ1) is 7.79. The Hall–Kier alpha value is -1.34. The summed E-state index contributed by atoms with van der Waals surface area (Å²) in [5.41, 5.74) is 3.85. The van der Waals surface area contributed by atoms with Gasteiger partial charge in [-0.2, -0.15) is 0 Å². The molecule has 2 aromatic rings. The van der Waals surface area contributed by atoms with Crippen molar-refractivity contribution >= 4 is 22.0 Å². The van der Waals surface area contributed by atoms with Crippen LogP contribution in [0.2, 0.25) is 0 Å². The summed E-state index contributed by atoms with van der Waals surface area (Å²) in [4.78, 5) is 0. The molecule has 1 heteroatoms. The Labute approximate surface area is 105 Å². The van der Waals surface area contributed by atoms with Gasteiger partial charge in [-0.3, -0.25) is 0 Å². The molecule has 0 saturated heterocycles. The standard InChI is InChI=1S/C15H13Br/c1-2-13-5-3-4-6-14(13)11-12-7-9-15(16)10-8-12/h2-10H,1,11H2. The highest BCUT2D eigenvalue weighted by Gasteiger charge is 2.00. The zero-order valence-electron chi connectivity index (χ0n) is 8.99. The molecule has 0 fully saturated rings. The van der Waals surface area contributed by atoms with E-state index in [1.807, 2.05) is 12.1 Å². The molecule has 80 valence electrons. The maximum atomic E-state index is 3.84. The summed E-state index contributed by atoms with van der Waals surface area (Å²) in [5, 5.41) is 0. The first-order valence-corrected chi connectivity index (χ1v) is 6.03. The van der Waals surface area contributed by atoms with Gasteiger partial charge in [0.15, 0.2) is 0 Å². The van der Waals surface area contributed by atoms with E-state index in [-0.39, 0.29) is 0 Å². The van der Waals surface area contributed by atoms with Crippen LogP contribution in [0.4, 0.5) is 0 Å². The highest BCUT2D eigenvalue weighted by molar-refractivity contribution is 9.10. The quantitative estimate of drug-likeness (QED) is 0.761. The second-order valence-electron chi connectivity index (χ2n) is 3.71. The largest absolute Gasteiger partial charge is 0.0985 e. The van der Waals surface area contributed by atoms with E-state index in [1.54, 1.807) is 0 Å². The van der Waals surface area contributed by atoms with Gasteiger partial charge in [0, 0.05) is 4.47 Å². The lowest BCUT2D eigenvalue weighted by atomic mass is 10.00. The summed E-state index contributed by atoms with van der Waals surface area (Å²) in [5.74, 6) is 0. The van der Waals surface area contributed by atoms with Gasteiger partial charge in [0.25, 0.3) is 0 Å². The number of rotatable bonds is 3. The van der Waals surface area contributed by atoms with Gasteiger partial charge in [-0.1, -0.05) is 65.0 Å². The summed E-state index contributed by atoms with van der Waals surface area (Å²) in [6, 6.07) is 16.8. The van der Waals surface area contributed by atoms with Gasteiger partial charge in [-0.05, 0) is 35.2 Å². The fourth-order valence-electron chi connectivity index (χ4n) is 1.72. The minimum atomic E-state index is 0.954. The molecule has 0 heterocycles. The van der Waals surface area contributed by atoms with Crippen molar-refractivity contribution in [3.8, 4) is 0 Å². The van der Waals surface area contributed by atoms with Crippen molar-refractivity contribution in [2.45, 2.75) is 6.42 Å². The zero-order valence-corrected chi connectivity index (χ0v) is 10.6. The fraction of sp³-hybridized carbons (Fsp3) is 0.0667. The Bertz CT molecular complexity index is 483. The molecule has 0 atom stereocenters. The van der Waals surface area contributed by atoms with Gasteiger partial charge in [0.05, 0.1) is 0 Å². The molecule has 0 N–H and O–H groups in total. The van der Waals surface area contributed by atoms with Crippen molar-refractivity contribution in [1.82, 2.24) is 0 Å². The Kier molecular flexibility index (Phi) is 3.58. The van der Waals surface area contributed by atoms with Crippen LogP contribution in [0.15, 0.2) is 59.6 Å². The molecule has 0 aliphatic heterocycles. The molecule has 0 saturated carbocycles. The lowest BCUT2D eigenvalue weighted by Crippen LogP contribution is -1.90. The van der Waals surface area contributed by atoms with Crippen molar-refractivity contribution in [3.05, 3.63) is 76.3 Å². The average molecular weight is 273 g/mol. The second kappa shape index (κ2) is 5.13. The summed E-state index contributed by atoms with van der Waals surface area (Å²) >= 11 is 3.44. The van der Waals surface area contributed by atoms with Gasteiger partial charge in [0.1, 0.15) is 0 Å². The molecular weight excluding hydrogens is 260 g/mol. The molecule has 0 spiro atoms. The van der Waals surface area contributed by atoms with Crippen LogP contribution in [0, 0.1) is 0 Å². The topological polar surface area (TPSA) is 0 Å². The van der Waals surface area contributed by atoms with E-state index in [2.05, 4.69) is 65.0 Å². The average Bonchev–Trinajstić information content (AvgIpc) is 2.33. The van der Waals surface area contributed by atoms with Crippen LogP contribution in [0.5, 0.6) is 0 Å². The predicted molar refractivity (Wildman–Crippen MR) is 73.5 cm³/mol. The first-order valence-electron chi connectivity index (χ1n) is 5.24. The third kappa shape index (κ3) is 2.61. The van der Waals surface area contributed by atoms with Gasteiger partial charge in [0.2, 0.25) is 0 Å². The van der Waals surface area contributed by atoms with Crippen molar-refractivity contribution < 1.29 is 0 Å². The van der Waals surface area contributed by atoms with E-state index in [4.69, 9.17) is 0 Å².